The number of benzene rings is 1. The lowest BCUT2D eigenvalue weighted by Gasteiger charge is -2.30. The molecule has 3 nitrogen and oxygen atoms in total. The van der Waals surface area contributed by atoms with Gasteiger partial charge >= 0.3 is 0 Å². The van der Waals surface area contributed by atoms with Crippen molar-refractivity contribution in [3.8, 4) is 0 Å². The average molecular weight is 341 g/mol. The van der Waals surface area contributed by atoms with Crippen LogP contribution < -0.4 is 5.73 Å². The van der Waals surface area contributed by atoms with Gasteiger partial charge in [-0.1, -0.05) is 35.7 Å². The fourth-order valence-corrected chi connectivity index (χ4v) is 4.26. The molecule has 5 heteroatoms. The van der Waals surface area contributed by atoms with Gasteiger partial charge in [-0.25, -0.2) is 0 Å². The summed E-state index contributed by atoms with van der Waals surface area (Å²) < 4.78 is 0. The third-order valence-electron chi connectivity index (χ3n) is 5.14. The predicted octanol–water partition coefficient (Wildman–Crippen LogP) is 4.03. The van der Waals surface area contributed by atoms with Crippen molar-refractivity contribution in [2.45, 2.75) is 38.1 Å². The van der Waals surface area contributed by atoms with Gasteiger partial charge in [-0.15, -0.1) is 0 Å². The van der Waals surface area contributed by atoms with Crippen molar-refractivity contribution >= 4 is 29.1 Å². The van der Waals surface area contributed by atoms with Gasteiger partial charge in [0.15, 0.2) is 0 Å². The summed E-state index contributed by atoms with van der Waals surface area (Å²) in [7, 11) is 0. The van der Waals surface area contributed by atoms with E-state index in [-0.39, 0.29) is 17.9 Å². The first-order chi connectivity index (χ1) is 10.6. The number of nitrogens with zero attached hydrogens (tertiary/aromatic N) is 1. The molecule has 3 atom stereocenters. The topological polar surface area (TPSA) is 46.3 Å². The minimum Gasteiger partial charge on any atom is -0.335 e. The molecule has 1 saturated carbocycles. The molecule has 0 aromatic heterocycles. The smallest absolute Gasteiger partial charge is 0.226 e. The highest BCUT2D eigenvalue weighted by Crippen LogP contribution is 2.39. The number of carbonyl (C=O) groups is 1. The quantitative estimate of drug-likeness (QED) is 0.902. The number of likely N-dealkylation sites (tertiary alicyclic amines) is 1. The Morgan fingerprint density at radius 3 is 2.73 bits per heavy atom. The Kier molecular flexibility index (Phi) is 4.96. The zero-order valence-corrected chi connectivity index (χ0v) is 14.1. The maximum atomic E-state index is 13.0. The fraction of sp³-hybridized carbons (Fsp3) is 0.588. The molecular weight excluding hydrogens is 319 g/mol. The minimum atomic E-state index is 0.105. The third kappa shape index (κ3) is 2.99. The Hall–Kier alpha value is -0.770. The zero-order chi connectivity index (χ0) is 15.7. The van der Waals surface area contributed by atoms with E-state index in [1.807, 2.05) is 23.1 Å². The molecule has 1 heterocycles. The molecule has 22 heavy (non-hydrogen) atoms. The van der Waals surface area contributed by atoms with E-state index in [2.05, 4.69) is 0 Å². The second kappa shape index (κ2) is 6.77. The number of amides is 1. The van der Waals surface area contributed by atoms with Gasteiger partial charge in [0.2, 0.25) is 5.91 Å². The van der Waals surface area contributed by atoms with E-state index in [1.54, 1.807) is 0 Å². The maximum absolute atomic E-state index is 13.0. The van der Waals surface area contributed by atoms with Gasteiger partial charge in [-0.2, -0.15) is 0 Å². The van der Waals surface area contributed by atoms with Crippen LogP contribution in [0.5, 0.6) is 0 Å². The normalized spacial score (nSPS) is 28.3. The van der Waals surface area contributed by atoms with E-state index >= 15 is 0 Å². The standard InChI is InChI=1S/C17H22Cl2N2O/c18-14-7-6-11(9-15(14)19)16-5-2-8-21(16)17(22)13-4-1-3-12(13)10-20/h6-7,9,12-13,16H,1-5,8,10,20H2/t12-,13-,16?/m1/s1. The molecule has 1 aromatic rings. The van der Waals surface area contributed by atoms with Crippen molar-refractivity contribution in [3.63, 3.8) is 0 Å². The Balaban J connectivity index is 1.80. The van der Waals surface area contributed by atoms with E-state index in [9.17, 15) is 4.79 Å². The van der Waals surface area contributed by atoms with E-state index in [1.165, 1.54) is 0 Å². The number of rotatable bonds is 3. The first kappa shape index (κ1) is 16.1. The molecule has 0 bridgehead atoms. The first-order valence-corrected chi connectivity index (χ1v) is 8.83. The van der Waals surface area contributed by atoms with Crippen LogP contribution in [0.3, 0.4) is 0 Å². The van der Waals surface area contributed by atoms with Crippen LogP contribution in [0.15, 0.2) is 18.2 Å². The lowest BCUT2D eigenvalue weighted by molar-refractivity contribution is -0.137. The summed E-state index contributed by atoms with van der Waals surface area (Å²) >= 11 is 12.1. The van der Waals surface area contributed by atoms with Gasteiger partial charge < -0.3 is 10.6 Å². The van der Waals surface area contributed by atoms with Crippen molar-refractivity contribution in [1.82, 2.24) is 4.90 Å². The Labute approximate surface area is 141 Å². The third-order valence-corrected chi connectivity index (χ3v) is 5.88. The van der Waals surface area contributed by atoms with Gasteiger partial charge in [0, 0.05) is 12.5 Å². The molecule has 1 saturated heterocycles. The summed E-state index contributed by atoms with van der Waals surface area (Å²) in [5.41, 5.74) is 6.93. The van der Waals surface area contributed by atoms with E-state index in [0.717, 1.165) is 44.2 Å². The average Bonchev–Trinajstić information content (AvgIpc) is 3.17. The summed E-state index contributed by atoms with van der Waals surface area (Å²) in [6, 6.07) is 5.83. The van der Waals surface area contributed by atoms with Crippen molar-refractivity contribution in [1.29, 1.82) is 0 Å². The van der Waals surface area contributed by atoms with Crippen molar-refractivity contribution in [2.75, 3.05) is 13.1 Å². The Morgan fingerprint density at radius 2 is 2.00 bits per heavy atom. The predicted molar refractivity (Wildman–Crippen MR) is 90.0 cm³/mol. The SMILES string of the molecule is NC[C@H]1CCC[C@H]1C(=O)N1CCCC1c1ccc(Cl)c(Cl)c1. The molecule has 1 amide bonds. The molecule has 2 aliphatic rings. The molecule has 1 aromatic carbocycles. The largest absolute Gasteiger partial charge is 0.335 e. The van der Waals surface area contributed by atoms with Crippen LogP contribution in [0.25, 0.3) is 0 Å². The van der Waals surface area contributed by atoms with Gasteiger partial charge in [-0.3, -0.25) is 4.79 Å². The van der Waals surface area contributed by atoms with Crippen molar-refractivity contribution < 1.29 is 4.79 Å². The van der Waals surface area contributed by atoms with E-state index < -0.39 is 0 Å². The monoisotopic (exact) mass is 340 g/mol. The van der Waals surface area contributed by atoms with E-state index in [4.69, 9.17) is 28.9 Å². The van der Waals surface area contributed by atoms with Crippen molar-refractivity contribution in [2.24, 2.45) is 17.6 Å². The Bertz CT molecular complexity index is 564. The second-order valence-corrected chi connectivity index (χ2v) is 7.21. The number of carbonyl (C=O) groups excluding carboxylic acids is 1. The molecular formula is C17H22Cl2N2O. The highest BCUT2D eigenvalue weighted by molar-refractivity contribution is 6.42. The maximum Gasteiger partial charge on any atom is 0.226 e. The lowest BCUT2D eigenvalue weighted by Crippen LogP contribution is -2.38. The molecule has 1 unspecified atom stereocenters. The van der Waals surface area contributed by atoms with Gasteiger partial charge in [-0.05, 0) is 55.8 Å². The molecule has 1 aliphatic carbocycles. The summed E-state index contributed by atoms with van der Waals surface area (Å²) in [5.74, 6) is 0.734. The van der Waals surface area contributed by atoms with Gasteiger partial charge in [0.1, 0.15) is 0 Å². The van der Waals surface area contributed by atoms with Gasteiger partial charge in [0.05, 0.1) is 16.1 Å². The fourth-order valence-electron chi connectivity index (χ4n) is 3.95. The Morgan fingerprint density at radius 1 is 1.18 bits per heavy atom. The minimum absolute atomic E-state index is 0.105. The number of halogens is 2. The van der Waals surface area contributed by atoms with Crippen LogP contribution in [0.4, 0.5) is 0 Å². The second-order valence-electron chi connectivity index (χ2n) is 6.40. The first-order valence-electron chi connectivity index (χ1n) is 8.07. The van der Waals surface area contributed by atoms with Crippen LogP contribution >= 0.6 is 23.2 Å². The highest BCUT2D eigenvalue weighted by Gasteiger charge is 2.39. The summed E-state index contributed by atoms with van der Waals surface area (Å²) in [6.45, 7) is 1.44. The van der Waals surface area contributed by atoms with E-state index in [0.29, 0.717) is 22.5 Å². The number of nitrogens with two attached hydrogens (primary N) is 1. The molecule has 120 valence electrons. The molecule has 2 fully saturated rings. The van der Waals surface area contributed by atoms with Crippen molar-refractivity contribution in [3.05, 3.63) is 33.8 Å². The number of hydrogen-bond acceptors (Lipinski definition) is 2. The molecule has 2 N–H and O–H groups in total. The van der Waals surface area contributed by atoms with Crippen LogP contribution in [0.1, 0.15) is 43.7 Å². The highest BCUT2D eigenvalue weighted by atomic mass is 35.5. The van der Waals surface area contributed by atoms with Crippen LogP contribution in [0.2, 0.25) is 10.0 Å². The van der Waals surface area contributed by atoms with Gasteiger partial charge in [0.25, 0.3) is 0 Å². The molecule has 3 rings (SSSR count). The summed E-state index contributed by atoms with van der Waals surface area (Å²) in [4.78, 5) is 15.0. The van der Waals surface area contributed by atoms with Crippen LogP contribution in [-0.4, -0.2) is 23.9 Å². The number of hydrogen-bond donors (Lipinski definition) is 1. The summed E-state index contributed by atoms with van der Waals surface area (Å²) in [5, 5.41) is 1.11. The lowest BCUT2D eigenvalue weighted by atomic mass is 9.94. The van der Waals surface area contributed by atoms with Crippen LogP contribution in [0, 0.1) is 11.8 Å². The molecule has 0 spiro atoms. The molecule has 0 radical (unpaired) electrons. The summed E-state index contributed by atoms with van der Waals surface area (Å²) in [6.07, 6.45) is 5.20. The zero-order valence-electron chi connectivity index (χ0n) is 12.6. The van der Waals surface area contributed by atoms with Crippen LogP contribution in [-0.2, 0) is 4.79 Å². The molecule has 1 aliphatic heterocycles.